The number of urea groups is 1. The van der Waals surface area contributed by atoms with Crippen LogP contribution in [0.15, 0.2) is 54.1 Å². The fraction of sp³-hybridized carbons (Fsp3) is 0.120. The number of amides is 4. The van der Waals surface area contributed by atoms with E-state index in [2.05, 4.69) is 5.32 Å². The Morgan fingerprint density at radius 3 is 2.29 bits per heavy atom. The van der Waals surface area contributed by atoms with Gasteiger partial charge in [-0.1, -0.05) is 11.6 Å². The van der Waals surface area contributed by atoms with E-state index in [1.165, 1.54) is 25.3 Å². The van der Waals surface area contributed by atoms with Crippen molar-refractivity contribution in [3.8, 4) is 11.4 Å². The Kier molecular flexibility index (Phi) is 6.19. The molecule has 1 fully saturated rings. The quantitative estimate of drug-likeness (QED) is 0.408. The number of aromatic nitrogens is 1. The maximum Gasteiger partial charge on any atom is 0.337 e. The molecular weight excluding hydrogens is 474 g/mol. The number of benzene rings is 2. The van der Waals surface area contributed by atoms with Crippen molar-refractivity contribution in [2.24, 2.45) is 0 Å². The van der Waals surface area contributed by atoms with Crippen LogP contribution in [0.3, 0.4) is 0 Å². The molecule has 1 aliphatic heterocycles. The molecule has 1 saturated heterocycles. The standard InChI is InChI=1S/C25H20ClN3O6/c1-13-10-15(14(2)28(13)17-6-9-19(24(32)33)21(26)12-17)11-20-22(30)27-25(34)29(23(20)31)16-4-7-18(35-3)8-5-16/h4-12H,1-3H3,(H,32,33)(H,27,30,34). The summed E-state index contributed by atoms with van der Waals surface area (Å²) in [6.07, 6.45) is 1.42. The first-order valence-corrected chi connectivity index (χ1v) is 10.8. The van der Waals surface area contributed by atoms with Crippen molar-refractivity contribution in [2.45, 2.75) is 13.8 Å². The molecule has 1 aromatic heterocycles. The molecule has 4 amide bonds. The average Bonchev–Trinajstić information content (AvgIpc) is 3.09. The normalized spacial score (nSPS) is 14.9. The average molecular weight is 494 g/mol. The number of halogens is 1. The predicted molar refractivity (Wildman–Crippen MR) is 129 cm³/mol. The van der Waals surface area contributed by atoms with Crippen LogP contribution < -0.4 is 15.0 Å². The second-order valence-electron chi connectivity index (χ2n) is 7.79. The number of barbiturate groups is 1. The fourth-order valence-electron chi connectivity index (χ4n) is 3.93. The van der Waals surface area contributed by atoms with Gasteiger partial charge < -0.3 is 14.4 Å². The zero-order valence-electron chi connectivity index (χ0n) is 19.0. The van der Waals surface area contributed by atoms with Gasteiger partial charge >= 0.3 is 12.0 Å². The molecule has 0 spiro atoms. The Morgan fingerprint density at radius 2 is 1.69 bits per heavy atom. The van der Waals surface area contributed by atoms with Crippen LogP contribution in [0, 0.1) is 13.8 Å². The van der Waals surface area contributed by atoms with E-state index in [0.29, 0.717) is 22.7 Å². The largest absolute Gasteiger partial charge is 0.497 e. The third-order valence-corrected chi connectivity index (χ3v) is 5.96. The van der Waals surface area contributed by atoms with Crippen molar-refractivity contribution in [2.75, 3.05) is 12.0 Å². The molecule has 2 N–H and O–H groups in total. The summed E-state index contributed by atoms with van der Waals surface area (Å²) in [5, 5.41) is 11.5. The van der Waals surface area contributed by atoms with Crippen molar-refractivity contribution >= 4 is 47.2 Å². The van der Waals surface area contributed by atoms with E-state index in [9.17, 15) is 24.3 Å². The highest BCUT2D eigenvalue weighted by Crippen LogP contribution is 2.28. The SMILES string of the molecule is COc1ccc(N2C(=O)NC(=O)C(=Cc3cc(C)n(-c4ccc(C(=O)O)c(Cl)c4)c3C)C2=O)cc1. The maximum atomic E-state index is 13.2. The summed E-state index contributed by atoms with van der Waals surface area (Å²) in [4.78, 5) is 50.4. The number of hydrogen-bond acceptors (Lipinski definition) is 5. The minimum atomic E-state index is -1.13. The number of methoxy groups -OCH3 is 1. The molecule has 0 saturated carbocycles. The van der Waals surface area contributed by atoms with Crippen molar-refractivity contribution in [1.29, 1.82) is 0 Å². The molecular formula is C25H20ClN3O6. The van der Waals surface area contributed by atoms with E-state index in [1.54, 1.807) is 43.3 Å². The zero-order valence-corrected chi connectivity index (χ0v) is 19.7. The van der Waals surface area contributed by atoms with E-state index in [0.717, 1.165) is 10.6 Å². The maximum absolute atomic E-state index is 13.2. The number of ether oxygens (including phenoxy) is 1. The second-order valence-corrected chi connectivity index (χ2v) is 8.19. The number of carbonyl (C=O) groups is 4. The lowest BCUT2D eigenvalue weighted by Gasteiger charge is -2.26. The molecule has 2 heterocycles. The summed E-state index contributed by atoms with van der Waals surface area (Å²) in [5.41, 5.74) is 2.69. The van der Waals surface area contributed by atoms with Crippen molar-refractivity contribution in [3.05, 3.63) is 81.6 Å². The molecule has 3 aromatic rings. The summed E-state index contributed by atoms with van der Waals surface area (Å²) in [7, 11) is 1.50. The minimum absolute atomic E-state index is 0.0204. The molecule has 0 atom stereocenters. The van der Waals surface area contributed by atoms with Gasteiger partial charge in [0.2, 0.25) is 0 Å². The Labute approximate surface area is 205 Å². The van der Waals surface area contributed by atoms with Gasteiger partial charge in [0, 0.05) is 17.1 Å². The first-order chi connectivity index (χ1) is 16.6. The van der Waals surface area contributed by atoms with Crippen LogP contribution in [0.25, 0.3) is 11.8 Å². The summed E-state index contributed by atoms with van der Waals surface area (Å²) < 4.78 is 6.93. The first kappa shape index (κ1) is 23.8. The Hall–Kier alpha value is -4.37. The Balaban J connectivity index is 1.74. The van der Waals surface area contributed by atoms with Gasteiger partial charge in [-0.05, 0) is 74.0 Å². The molecule has 9 nitrogen and oxygen atoms in total. The van der Waals surface area contributed by atoms with Gasteiger partial charge in [0.1, 0.15) is 11.3 Å². The fourth-order valence-corrected chi connectivity index (χ4v) is 4.18. The number of carboxylic acid groups (broad SMARTS) is 1. The summed E-state index contributed by atoms with van der Waals surface area (Å²) in [6.45, 7) is 3.61. The number of nitrogens with one attached hydrogen (secondary N) is 1. The highest BCUT2D eigenvalue weighted by atomic mass is 35.5. The molecule has 0 bridgehead atoms. The Bertz CT molecular complexity index is 1420. The van der Waals surface area contributed by atoms with Crippen LogP contribution in [0.2, 0.25) is 5.02 Å². The van der Waals surface area contributed by atoms with Crippen LogP contribution in [-0.4, -0.2) is 40.6 Å². The van der Waals surface area contributed by atoms with E-state index in [-0.39, 0.29) is 21.8 Å². The molecule has 1 aliphatic rings. The number of anilines is 1. The molecule has 4 rings (SSSR count). The topological polar surface area (TPSA) is 118 Å². The lowest BCUT2D eigenvalue weighted by molar-refractivity contribution is -0.122. The van der Waals surface area contributed by atoms with Gasteiger partial charge in [-0.15, -0.1) is 0 Å². The highest BCUT2D eigenvalue weighted by molar-refractivity contribution is 6.39. The van der Waals surface area contributed by atoms with Crippen molar-refractivity contribution < 1.29 is 29.0 Å². The molecule has 0 unspecified atom stereocenters. The number of rotatable bonds is 5. The highest BCUT2D eigenvalue weighted by Gasteiger charge is 2.37. The number of hydrogen-bond donors (Lipinski definition) is 2. The minimum Gasteiger partial charge on any atom is -0.497 e. The number of carbonyl (C=O) groups excluding carboxylic acids is 3. The van der Waals surface area contributed by atoms with Gasteiger partial charge in [0.25, 0.3) is 11.8 Å². The van der Waals surface area contributed by atoms with Gasteiger partial charge in [0.15, 0.2) is 0 Å². The van der Waals surface area contributed by atoms with Crippen LogP contribution in [-0.2, 0) is 9.59 Å². The van der Waals surface area contributed by atoms with Gasteiger partial charge in [0.05, 0.1) is 23.4 Å². The molecule has 10 heteroatoms. The molecule has 0 radical (unpaired) electrons. The van der Waals surface area contributed by atoms with Gasteiger partial charge in [-0.2, -0.15) is 0 Å². The number of nitrogens with zero attached hydrogens (tertiary/aromatic N) is 2. The third kappa shape index (κ3) is 4.29. The van der Waals surface area contributed by atoms with Crippen LogP contribution >= 0.6 is 11.6 Å². The summed E-state index contributed by atoms with van der Waals surface area (Å²) >= 11 is 6.14. The van der Waals surface area contributed by atoms with Crippen LogP contribution in [0.1, 0.15) is 27.3 Å². The number of aromatic carboxylic acids is 1. The molecule has 178 valence electrons. The number of carboxylic acids is 1. The second kappa shape index (κ2) is 9.11. The number of aryl methyl sites for hydroxylation is 1. The predicted octanol–water partition coefficient (Wildman–Crippen LogP) is 4.12. The van der Waals surface area contributed by atoms with Gasteiger partial charge in [-0.25, -0.2) is 14.5 Å². The monoisotopic (exact) mass is 493 g/mol. The first-order valence-electron chi connectivity index (χ1n) is 10.4. The zero-order chi connectivity index (χ0) is 25.4. The summed E-state index contributed by atoms with van der Waals surface area (Å²) in [5.74, 6) is -2.15. The molecule has 35 heavy (non-hydrogen) atoms. The van der Waals surface area contributed by atoms with E-state index in [4.69, 9.17) is 16.3 Å². The van der Waals surface area contributed by atoms with E-state index < -0.39 is 23.8 Å². The Morgan fingerprint density at radius 1 is 1.03 bits per heavy atom. The smallest absolute Gasteiger partial charge is 0.337 e. The third-order valence-electron chi connectivity index (χ3n) is 5.64. The van der Waals surface area contributed by atoms with Crippen LogP contribution in [0.5, 0.6) is 5.75 Å². The number of imide groups is 2. The lowest BCUT2D eigenvalue weighted by atomic mass is 10.1. The van der Waals surface area contributed by atoms with E-state index in [1.807, 2.05) is 11.5 Å². The van der Waals surface area contributed by atoms with Gasteiger partial charge in [-0.3, -0.25) is 14.9 Å². The molecule has 0 aliphatic carbocycles. The van der Waals surface area contributed by atoms with E-state index >= 15 is 0 Å². The van der Waals surface area contributed by atoms with Crippen molar-refractivity contribution in [1.82, 2.24) is 9.88 Å². The summed E-state index contributed by atoms with van der Waals surface area (Å²) in [6, 6.07) is 11.8. The van der Waals surface area contributed by atoms with Crippen LogP contribution in [0.4, 0.5) is 10.5 Å². The van der Waals surface area contributed by atoms with Crippen molar-refractivity contribution in [3.63, 3.8) is 0 Å². The lowest BCUT2D eigenvalue weighted by Crippen LogP contribution is -2.54. The molecule has 2 aromatic carbocycles.